The molecule has 2 rings (SSSR count). The first-order valence-corrected chi connectivity index (χ1v) is 8.21. The van der Waals surface area contributed by atoms with Gasteiger partial charge in [0.25, 0.3) is 0 Å². The number of aryl methyl sites for hydroxylation is 1. The Labute approximate surface area is 147 Å². The molecular weight excluding hydrogens is 353 g/mol. The number of rotatable bonds is 5. The molecule has 1 heterocycles. The predicted octanol–water partition coefficient (Wildman–Crippen LogP) is 2.78. The molecule has 0 saturated heterocycles. The van der Waals surface area contributed by atoms with Crippen molar-refractivity contribution in [2.24, 2.45) is 4.99 Å². The molecule has 0 aliphatic rings. The van der Waals surface area contributed by atoms with Crippen LogP contribution in [0.5, 0.6) is 0 Å². The Hall–Kier alpha value is -2.55. The zero-order chi connectivity index (χ0) is 18.4. The van der Waals surface area contributed by atoms with Gasteiger partial charge in [-0.2, -0.15) is 0 Å². The number of aliphatic imine (C=N–C) groups is 1. The van der Waals surface area contributed by atoms with Crippen molar-refractivity contribution in [2.75, 3.05) is 18.9 Å². The van der Waals surface area contributed by atoms with E-state index in [-0.39, 0.29) is 6.54 Å². The van der Waals surface area contributed by atoms with Crippen LogP contribution in [0, 0.1) is 24.4 Å². The van der Waals surface area contributed by atoms with Crippen molar-refractivity contribution in [1.82, 2.24) is 10.6 Å². The molecule has 2 aromatic rings. The highest BCUT2D eigenvalue weighted by atomic mass is 32.1. The Morgan fingerprint density at radius 1 is 1.16 bits per heavy atom. The number of benzene rings is 1. The van der Waals surface area contributed by atoms with Gasteiger partial charge in [0.15, 0.2) is 23.4 Å². The average Bonchev–Trinajstić information content (AvgIpc) is 3.00. The van der Waals surface area contributed by atoms with Crippen molar-refractivity contribution in [2.45, 2.75) is 13.5 Å². The molecule has 0 radical (unpaired) electrons. The summed E-state index contributed by atoms with van der Waals surface area (Å²) in [5.41, 5.74) is 0.724. The lowest BCUT2D eigenvalue weighted by Gasteiger charge is -2.12. The van der Waals surface area contributed by atoms with Gasteiger partial charge in [-0.3, -0.25) is 9.79 Å². The van der Waals surface area contributed by atoms with Crippen LogP contribution in [0.15, 0.2) is 28.6 Å². The summed E-state index contributed by atoms with van der Waals surface area (Å²) in [7, 11) is 1.55. The third-order valence-corrected chi connectivity index (χ3v) is 4.36. The minimum absolute atomic E-state index is 0.221. The van der Waals surface area contributed by atoms with Crippen LogP contribution in [-0.2, 0) is 11.3 Å². The van der Waals surface area contributed by atoms with E-state index < -0.39 is 29.0 Å². The second-order valence-electron chi connectivity index (χ2n) is 5.08. The van der Waals surface area contributed by atoms with E-state index in [1.165, 1.54) is 0 Å². The van der Waals surface area contributed by atoms with Crippen LogP contribution in [-0.4, -0.2) is 25.5 Å². The van der Waals surface area contributed by atoms with Crippen LogP contribution in [0.2, 0.25) is 0 Å². The lowest BCUT2D eigenvalue weighted by molar-refractivity contribution is -0.115. The summed E-state index contributed by atoms with van der Waals surface area (Å²) in [6, 6.07) is 3.70. The van der Waals surface area contributed by atoms with E-state index in [0.29, 0.717) is 12.5 Å². The largest absolute Gasteiger partial charge is 0.352 e. The third kappa shape index (κ3) is 4.96. The van der Waals surface area contributed by atoms with Crippen molar-refractivity contribution in [1.29, 1.82) is 0 Å². The summed E-state index contributed by atoms with van der Waals surface area (Å²) in [5, 5.41) is 9.95. The number of halogens is 3. The quantitative estimate of drug-likeness (QED) is 0.431. The first kappa shape index (κ1) is 18.8. The molecule has 0 bridgehead atoms. The van der Waals surface area contributed by atoms with E-state index in [4.69, 9.17) is 0 Å². The summed E-state index contributed by atoms with van der Waals surface area (Å²) < 4.78 is 39.5. The van der Waals surface area contributed by atoms with Gasteiger partial charge in [-0.1, -0.05) is 0 Å². The van der Waals surface area contributed by atoms with Gasteiger partial charge >= 0.3 is 0 Å². The van der Waals surface area contributed by atoms with Gasteiger partial charge in [-0.05, 0) is 36.1 Å². The van der Waals surface area contributed by atoms with E-state index in [1.54, 1.807) is 18.4 Å². The smallest absolute Gasteiger partial charge is 0.243 e. The minimum Gasteiger partial charge on any atom is -0.352 e. The van der Waals surface area contributed by atoms with Crippen molar-refractivity contribution < 1.29 is 18.0 Å². The minimum atomic E-state index is -1.63. The topological polar surface area (TPSA) is 65.5 Å². The molecule has 134 valence electrons. The van der Waals surface area contributed by atoms with Gasteiger partial charge in [0, 0.05) is 11.9 Å². The Balaban J connectivity index is 1.86. The maximum Gasteiger partial charge on any atom is 0.243 e. The molecule has 0 fully saturated rings. The monoisotopic (exact) mass is 370 g/mol. The van der Waals surface area contributed by atoms with E-state index in [9.17, 15) is 18.0 Å². The standard InChI is InChI=1S/C16H17F3N4OS/c1-9-5-6-25-12(9)7-21-16(20-2)22-8-13(24)23-11-4-3-10(17)14(18)15(11)19/h3-6H,7-8H2,1-2H3,(H,23,24)(H2,20,21,22). The van der Waals surface area contributed by atoms with Gasteiger partial charge in [0.2, 0.25) is 5.91 Å². The number of nitrogens with one attached hydrogen (secondary N) is 3. The number of nitrogens with zero attached hydrogens (tertiary/aromatic N) is 1. The van der Waals surface area contributed by atoms with Crippen LogP contribution in [0.25, 0.3) is 0 Å². The molecule has 0 unspecified atom stereocenters. The zero-order valence-corrected chi connectivity index (χ0v) is 14.4. The van der Waals surface area contributed by atoms with Crippen LogP contribution in [0.3, 0.4) is 0 Å². The van der Waals surface area contributed by atoms with E-state index in [0.717, 1.165) is 22.6 Å². The second kappa shape index (κ2) is 8.52. The Kier molecular flexibility index (Phi) is 6.40. The number of hydrogen-bond acceptors (Lipinski definition) is 3. The first-order chi connectivity index (χ1) is 11.9. The van der Waals surface area contributed by atoms with Crippen molar-refractivity contribution in [3.63, 3.8) is 0 Å². The van der Waals surface area contributed by atoms with Crippen LogP contribution < -0.4 is 16.0 Å². The molecule has 0 spiro atoms. The Morgan fingerprint density at radius 2 is 1.92 bits per heavy atom. The number of hydrogen-bond donors (Lipinski definition) is 3. The van der Waals surface area contributed by atoms with E-state index in [2.05, 4.69) is 20.9 Å². The highest BCUT2D eigenvalue weighted by molar-refractivity contribution is 7.10. The Bertz CT molecular complexity index is 792. The number of anilines is 1. The molecule has 9 heteroatoms. The van der Waals surface area contributed by atoms with Crippen molar-refractivity contribution in [3.05, 3.63) is 51.5 Å². The molecule has 5 nitrogen and oxygen atoms in total. The van der Waals surface area contributed by atoms with Crippen LogP contribution >= 0.6 is 11.3 Å². The third-order valence-electron chi connectivity index (χ3n) is 3.33. The molecule has 0 aliphatic carbocycles. The van der Waals surface area contributed by atoms with Crippen molar-refractivity contribution >= 4 is 28.9 Å². The average molecular weight is 370 g/mol. The molecule has 1 aromatic heterocycles. The molecular formula is C16H17F3N4OS. The number of amides is 1. The number of carbonyl (C=O) groups excluding carboxylic acids is 1. The predicted molar refractivity (Wildman–Crippen MR) is 92.2 cm³/mol. The van der Waals surface area contributed by atoms with Gasteiger partial charge in [-0.15, -0.1) is 11.3 Å². The fourth-order valence-corrected chi connectivity index (χ4v) is 2.80. The van der Waals surface area contributed by atoms with Gasteiger partial charge in [0.05, 0.1) is 18.8 Å². The maximum atomic E-state index is 13.5. The number of thiophene rings is 1. The SMILES string of the molecule is CN=C(NCC(=O)Nc1ccc(F)c(F)c1F)NCc1sccc1C. The summed E-state index contributed by atoms with van der Waals surface area (Å²) in [4.78, 5) is 16.9. The second-order valence-corrected chi connectivity index (χ2v) is 6.08. The summed E-state index contributed by atoms with van der Waals surface area (Å²) in [5.74, 6) is -4.63. The number of guanidine groups is 1. The molecule has 3 N–H and O–H groups in total. The molecule has 1 aromatic carbocycles. The fourth-order valence-electron chi connectivity index (χ4n) is 1.95. The molecule has 1 amide bonds. The molecule has 0 aliphatic heterocycles. The highest BCUT2D eigenvalue weighted by Gasteiger charge is 2.15. The number of carbonyl (C=O) groups is 1. The normalized spacial score (nSPS) is 11.3. The first-order valence-electron chi connectivity index (χ1n) is 7.33. The fraction of sp³-hybridized carbons (Fsp3) is 0.250. The lowest BCUT2D eigenvalue weighted by atomic mass is 10.2. The van der Waals surface area contributed by atoms with Gasteiger partial charge < -0.3 is 16.0 Å². The van der Waals surface area contributed by atoms with Gasteiger partial charge in [-0.25, -0.2) is 13.2 Å². The molecule has 25 heavy (non-hydrogen) atoms. The lowest BCUT2D eigenvalue weighted by Crippen LogP contribution is -2.41. The van der Waals surface area contributed by atoms with E-state index in [1.807, 2.05) is 18.4 Å². The van der Waals surface area contributed by atoms with Crippen LogP contribution in [0.4, 0.5) is 18.9 Å². The highest BCUT2D eigenvalue weighted by Crippen LogP contribution is 2.19. The maximum absolute atomic E-state index is 13.5. The molecule has 0 saturated carbocycles. The summed E-state index contributed by atoms with van der Waals surface area (Å²) >= 11 is 1.60. The Morgan fingerprint density at radius 3 is 2.56 bits per heavy atom. The molecule has 0 atom stereocenters. The summed E-state index contributed by atoms with van der Waals surface area (Å²) in [6.07, 6.45) is 0. The van der Waals surface area contributed by atoms with Crippen molar-refractivity contribution in [3.8, 4) is 0 Å². The van der Waals surface area contributed by atoms with E-state index >= 15 is 0 Å². The van der Waals surface area contributed by atoms with Gasteiger partial charge in [0.1, 0.15) is 0 Å². The summed E-state index contributed by atoms with van der Waals surface area (Å²) in [6.45, 7) is 2.32. The van der Waals surface area contributed by atoms with Crippen LogP contribution in [0.1, 0.15) is 10.4 Å². The zero-order valence-electron chi connectivity index (χ0n) is 13.6.